The summed E-state index contributed by atoms with van der Waals surface area (Å²) < 4.78 is 9.12. The molecule has 0 aromatic heterocycles. The molecule has 0 N–H and O–H groups in total. The number of methoxy groups -OCH3 is 2. The standard InChI is InChI=1S/C11H17Cl2NO4/c1-17-10(15)7-9(8-11(16)18-2)14(5-3-12)6-4-13/h7H,3-6,8H2,1-2H3/b9-7+. The van der Waals surface area contributed by atoms with Crippen molar-refractivity contribution in [2.45, 2.75) is 6.42 Å². The highest BCUT2D eigenvalue weighted by atomic mass is 35.5. The summed E-state index contributed by atoms with van der Waals surface area (Å²) in [5.74, 6) is -0.269. The van der Waals surface area contributed by atoms with Crippen LogP contribution < -0.4 is 0 Å². The zero-order valence-electron chi connectivity index (χ0n) is 10.4. The number of halogens is 2. The van der Waals surface area contributed by atoms with Crippen LogP contribution in [0.1, 0.15) is 6.42 Å². The molecule has 0 rings (SSSR count). The van der Waals surface area contributed by atoms with E-state index < -0.39 is 11.9 Å². The molecule has 0 atom stereocenters. The van der Waals surface area contributed by atoms with E-state index in [4.69, 9.17) is 23.2 Å². The van der Waals surface area contributed by atoms with Crippen LogP contribution in [0.5, 0.6) is 0 Å². The highest BCUT2D eigenvalue weighted by Crippen LogP contribution is 2.11. The molecule has 0 unspecified atom stereocenters. The Balaban J connectivity index is 4.95. The van der Waals surface area contributed by atoms with E-state index in [9.17, 15) is 9.59 Å². The van der Waals surface area contributed by atoms with Crippen molar-refractivity contribution in [2.24, 2.45) is 0 Å². The number of hydrogen-bond acceptors (Lipinski definition) is 5. The molecule has 0 fully saturated rings. The van der Waals surface area contributed by atoms with E-state index in [2.05, 4.69) is 9.47 Å². The molecule has 0 aliphatic rings. The van der Waals surface area contributed by atoms with Crippen LogP contribution in [-0.2, 0) is 19.1 Å². The molecule has 0 heterocycles. The van der Waals surface area contributed by atoms with E-state index in [-0.39, 0.29) is 6.42 Å². The number of rotatable bonds is 8. The van der Waals surface area contributed by atoms with Crippen molar-refractivity contribution in [3.63, 3.8) is 0 Å². The minimum absolute atomic E-state index is 0.0284. The van der Waals surface area contributed by atoms with Gasteiger partial charge in [-0.3, -0.25) is 4.79 Å². The molecular formula is C11H17Cl2NO4. The van der Waals surface area contributed by atoms with Crippen LogP contribution in [0.15, 0.2) is 11.8 Å². The van der Waals surface area contributed by atoms with Gasteiger partial charge in [-0.1, -0.05) is 0 Å². The van der Waals surface area contributed by atoms with Crippen molar-refractivity contribution < 1.29 is 19.1 Å². The molecular weight excluding hydrogens is 281 g/mol. The minimum atomic E-state index is -0.539. The summed E-state index contributed by atoms with van der Waals surface area (Å²) in [6.07, 6.45) is 1.22. The third-order valence-electron chi connectivity index (χ3n) is 2.15. The number of alkyl halides is 2. The summed E-state index contributed by atoms with van der Waals surface area (Å²) in [6.45, 7) is 0.961. The first-order valence-corrected chi connectivity index (χ1v) is 6.38. The number of esters is 2. The van der Waals surface area contributed by atoms with Crippen molar-refractivity contribution >= 4 is 35.1 Å². The first-order chi connectivity index (χ1) is 8.58. The zero-order chi connectivity index (χ0) is 14.0. The molecule has 0 aliphatic heterocycles. The average molecular weight is 298 g/mol. The van der Waals surface area contributed by atoms with Gasteiger partial charge in [-0.25, -0.2) is 4.79 Å². The fourth-order valence-electron chi connectivity index (χ4n) is 1.27. The van der Waals surface area contributed by atoms with Crippen molar-refractivity contribution in [2.75, 3.05) is 39.1 Å². The Hall–Kier alpha value is -0.940. The molecule has 18 heavy (non-hydrogen) atoms. The van der Waals surface area contributed by atoms with Crippen LogP contribution >= 0.6 is 23.2 Å². The summed E-state index contributed by atoms with van der Waals surface area (Å²) in [5, 5.41) is 0. The summed E-state index contributed by atoms with van der Waals surface area (Å²) in [6, 6.07) is 0. The highest BCUT2D eigenvalue weighted by Gasteiger charge is 2.15. The summed E-state index contributed by atoms with van der Waals surface area (Å²) in [4.78, 5) is 24.3. The van der Waals surface area contributed by atoms with E-state index in [1.807, 2.05) is 0 Å². The zero-order valence-corrected chi connectivity index (χ0v) is 12.0. The molecule has 0 radical (unpaired) electrons. The smallest absolute Gasteiger partial charge is 0.332 e. The van der Waals surface area contributed by atoms with Gasteiger partial charge in [-0.2, -0.15) is 0 Å². The molecule has 5 nitrogen and oxygen atoms in total. The van der Waals surface area contributed by atoms with E-state index in [0.29, 0.717) is 30.5 Å². The maximum Gasteiger partial charge on any atom is 0.332 e. The van der Waals surface area contributed by atoms with Crippen LogP contribution in [0.25, 0.3) is 0 Å². The molecule has 0 aromatic rings. The van der Waals surface area contributed by atoms with Gasteiger partial charge in [-0.15, -0.1) is 23.2 Å². The summed E-state index contributed by atoms with van der Waals surface area (Å²) >= 11 is 11.3. The first kappa shape index (κ1) is 17.1. The number of carbonyl (C=O) groups is 2. The van der Waals surface area contributed by atoms with Crippen molar-refractivity contribution in [3.8, 4) is 0 Å². The van der Waals surface area contributed by atoms with E-state index in [1.165, 1.54) is 20.3 Å². The van der Waals surface area contributed by atoms with Crippen molar-refractivity contribution in [1.29, 1.82) is 0 Å². The third kappa shape index (κ3) is 6.71. The van der Waals surface area contributed by atoms with Crippen LogP contribution in [-0.4, -0.2) is 55.9 Å². The molecule has 0 aromatic carbocycles. The topological polar surface area (TPSA) is 55.8 Å². The third-order valence-corrected chi connectivity index (χ3v) is 2.49. The van der Waals surface area contributed by atoms with Gasteiger partial charge < -0.3 is 14.4 Å². The first-order valence-electron chi connectivity index (χ1n) is 5.31. The molecule has 0 aliphatic carbocycles. The number of nitrogens with zero attached hydrogens (tertiary/aromatic N) is 1. The Kier molecular flexibility index (Phi) is 9.50. The second kappa shape index (κ2) is 10.0. The largest absolute Gasteiger partial charge is 0.469 e. The fourth-order valence-corrected chi connectivity index (χ4v) is 1.68. The highest BCUT2D eigenvalue weighted by molar-refractivity contribution is 6.18. The maximum absolute atomic E-state index is 11.3. The Morgan fingerprint density at radius 2 is 1.67 bits per heavy atom. The Morgan fingerprint density at radius 3 is 2.06 bits per heavy atom. The quantitative estimate of drug-likeness (QED) is 0.385. The van der Waals surface area contributed by atoms with Crippen LogP contribution in [0.4, 0.5) is 0 Å². The van der Waals surface area contributed by atoms with E-state index in [0.717, 1.165) is 0 Å². The predicted octanol–water partition coefficient (Wildman–Crippen LogP) is 1.39. The average Bonchev–Trinajstić information content (AvgIpc) is 2.37. The van der Waals surface area contributed by atoms with Gasteiger partial charge in [0.2, 0.25) is 0 Å². The molecule has 0 saturated heterocycles. The predicted molar refractivity (Wildman–Crippen MR) is 69.7 cm³/mol. The van der Waals surface area contributed by atoms with Gasteiger partial charge in [0.05, 0.1) is 20.6 Å². The van der Waals surface area contributed by atoms with E-state index >= 15 is 0 Å². The van der Waals surface area contributed by atoms with E-state index in [1.54, 1.807) is 4.90 Å². The number of hydrogen-bond donors (Lipinski definition) is 0. The molecule has 0 amide bonds. The lowest BCUT2D eigenvalue weighted by Crippen LogP contribution is -2.29. The Labute approximate surface area is 117 Å². The van der Waals surface area contributed by atoms with Crippen LogP contribution in [0.3, 0.4) is 0 Å². The Morgan fingerprint density at radius 1 is 1.11 bits per heavy atom. The van der Waals surface area contributed by atoms with Gasteiger partial charge in [0.15, 0.2) is 0 Å². The molecule has 7 heteroatoms. The van der Waals surface area contributed by atoms with Crippen molar-refractivity contribution in [3.05, 3.63) is 11.8 Å². The number of carbonyl (C=O) groups excluding carboxylic acids is 2. The molecule has 104 valence electrons. The normalized spacial score (nSPS) is 11.0. The maximum atomic E-state index is 11.3. The van der Waals surface area contributed by atoms with Gasteiger partial charge in [0.1, 0.15) is 0 Å². The molecule has 0 saturated carbocycles. The lowest BCUT2D eigenvalue weighted by Gasteiger charge is -2.25. The van der Waals surface area contributed by atoms with Gasteiger partial charge >= 0.3 is 11.9 Å². The number of ether oxygens (including phenoxy) is 2. The monoisotopic (exact) mass is 297 g/mol. The van der Waals surface area contributed by atoms with Gasteiger partial charge in [-0.05, 0) is 0 Å². The fraction of sp³-hybridized carbons (Fsp3) is 0.636. The second-order valence-corrected chi connectivity index (χ2v) is 4.03. The van der Waals surface area contributed by atoms with Gasteiger partial charge in [0.25, 0.3) is 0 Å². The van der Waals surface area contributed by atoms with Crippen LogP contribution in [0.2, 0.25) is 0 Å². The lowest BCUT2D eigenvalue weighted by molar-refractivity contribution is -0.140. The van der Waals surface area contributed by atoms with Crippen molar-refractivity contribution in [1.82, 2.24) is 4.90 Å². The SMILES string of the molecule is COC(=O)/C=C(\CC(=O)OC)N(CCCl)CCCl. The van der Waals surface area contributed by atoms with Gasteiger partial charge in [0, 0.05) is 36.6 Å². The molecule has 0 spiro atoms. The summed E-state index contributed by atoms with van der Waals surface area (Å²) in [7, 11) is 2.55. The molecule has 0 bridgehead atoms. The second-order valence-electron chi connectivity index (χ2n) is 3.28. The minimum Gasteiger partial charge on any atom is -0.469 e. The lowest BCUT2D eigenvalue weighted by atomic mass is 10.2. The summed E-state index contributed by atoms with van der Waals surface area (Å²) in [5.41, 5.74) is 0.481. The van der Waals surface area contributed by atoms with Crippen LogP contribution in [0, 0.1) is 0 Å². The Bertz CT molecular complexity index is 301.